The van der Waals surface area contributed by atoms with Gasteiger partial charge in [0.15, 0.2) is 17.4 Å². The Morgan fingerprint density at radius 3 is 2.50 bits per heavy atom. The van der Waals surface area contributed by atoms with Crippen LogP contribution >= 0.6 is 24.0 Å². The van der Waals surface area contributed by atoms with Crippen LogP contribution in [0.5, 0.6) is 0 Å². The lowest BCUT2D eigenvalue weighted by Gasteiger charge is -2.27. The summed E-state index contributed by atoms with van der Waals surface area (Å²) in [4.78, 5) is 4.59. The second kappa shape index (κ2) is 11.1. The fourth-order valence-electron chi connectivity index (χ4n) is 3.72. The number of rotatable bonds is 6. The molecule has 11 heteroatoms. The van der Waals surface area contributed by atoms with E-state index >= 15 is 0 Å². The quantitative estimate of drug-likeness (QED) is 0.269. The van der Waals surface area contributed by atoms with Crippen LogP contribution in [-0.4, -0.2) is 53.4 Å². The number of hydrogen-bond donors (Lipinski definition) is 2. The Balaban J connectivity index is 0.00000289. The molecule has 1 aliphatic rings. The number of fused-ring (bicyclic) bond motifs is 1. The van der Waals surface area contributed by atoms with Crippen LogP contribution in [0, 0.1) is 0 Å². The summed E-state index contributed by atoms with van der Waals surface area (Å²) in [7, 11) is -1.83. The topological polar surface area (TPSA) is 104 Å². The maximum absolute atomic E-state index is 13.2. The molecule has 3 heterocycles. The Morgan fingerprint density at radius 2 is 1.72 bits per heavy atom. The third-order valence-corrected chi connectivity index (χ3v) is 7.37. The molecule has 32 heavy (non-hydrogen) atoms. The molecule has 1 aromatic carbocycles. The van der Waals surface area contributed by atoms with Gasteiger partial charge in [0.1, 0.15) is 0 Å². The Hall–Kier alpha value is -2.25. The normalized spacial score (nSPS) is 15.3. The third-order valence-electron chi connectivity index (χ3n) is 5.37. The second-order valence-corrected chi connectivity index (χ2v) is 9.30. The molecule has 1 aliphatic heterocycles. The van der Waals surface area contributed by atoms with E-state index in [1.54, 1.807) is 23.5 Å². The number of aliphatic imine (C=N–C) groups is 1. The predicted octanol–water partition coefficient (Wildman–Crippen LogP) is 2.39. The van der Waals surface area contributed by atoms with Gasteiger partial charge in [-0.15, -0.1) is 34.2 Å². The summed E-state index contributed by atoms with van der Waals surface area (Å²) in [5.74, 6) is 1.31. The summed E-state index contributed by atoms with van der Waals surface area (Å²) in [6.45, 7) is 1.93. The molecule has 2 N–H and O–H groups in total. The van der Waals surface area contributed by atoms with E-state index in [1.807, 2.05) is 40.9 Å². The Labute approximate surface area is 205 Å². The Kier molecular flexibility index (Phi) is 8.43. The number of nitrogens with one attached hydrogen (secondary N) is 2. The van der Waals surface area contributed by atoms with Gasteiger partial charge in [-0.25, -0.2) is 8.42 Å². The number of aromatic nitrogens is 3. The molecule has 4 rings (SSSR count). The van der Waals surface area contributed by atoms with E-state index in [0.29, 0.717) is 42.6 Å². The molecule has 1 fully saturated rings. The molecule has 3 aromatic rings. The van der Waals surface area contributed by atoms with Gasteiger partial charge in [0.05, 0.1) is 11.4 Å². The SMILES string of the molecule is CN=C(NCc1ccccc1S(=O)(=O)N1CCCCC1)NCc1nnc2ccccn12.I. The highest BCUT2D eigenvalue weighted by atomic mass is 127. The van der Waals surface area contributed by atoms with Crippen molar-refractivity contribution in [2.75, 3.05) is 20.1 Å². The number of piperidine rings is 1. The summed E-state index contributed by atoms with van der Waals surface area (Å²) in [6, 6.07) is 12.9. The third kappa shape index (κ3) is 5.38. The molecule has 9 nitrogen and oxygen atoms in total. The minimum atomic E-state index is -3.51. The van der Waals surface area contributed by atoms with Crippen LogP contribution in [0.4, 0.5) is 0 Å². The lowest BCUT2D eigenvalue weighted by atomic mass is 10.2. The van der Waals surface area contributed by atoms with E-state index in [2.05, 4.69) is 25.8 Å². The minimum absolute atomic E-state index is 0. The first kappa shape index (κ1) is 24.4. The smallest absolute Gasteiger partial charge is 0.243 e. The highest BCUT2D eigenvalue weighted by Crippen LogP contribution is 2.23. The maximum atomic E-state index is 13.2. The number of sulfonamides is 1. The first-order valence-corrected chi connectivity index (χ1v) is 11.8. The molecule has 0 radical (unpaired) electrons. The van der Waals surface area contributed by atoms with Gasteiger partial charge in [-0.1, -0.05) is 30.7 Å². The summed E-state index contributed by atoms with van der Waals surface area (Å²) < 4.78 is 29.8. The fraction of sp³-hybridized carbons (Fsp3) is 0.381. The van der Waals surface area contributed by atoms with Crippen LogP contribution in [0.15, 0.2) is 58.5 Å². The lowest BCUT2D eigenvalue weighted by Crippen LogP contribution is -2.38. The van der Waals surface area contributed by atoms with Gasteiger partial charge in [-0.05, 0) is 36.6 Å². The number of nitrogens with zero attached hydrogens (tertiary/aromatic N) is 5. The largest absolute Gasteiger partial charge is 0.352 e. The summed E-state index contributed by atoms with van der Waals surface area (Å²) >= 11 is 0. The molecule has 0 unspecified atom stereocenters. The van der Waals surface area contributed by atoms with Crippen molar-refractivity contribution in [3.63, 3.8) is 0 Å². The van der Waals surface area contributed by atoms with Crippen molar-refractivity contribution in [3.05, 3.63) is 60.0 Å². The number of hydrogen-bond acceptors (Lipinski definition) is 5. The van der Waals surface area contributed by atoms with Crippen molar-refractivity contribution in [3.8, 4) is 0 Å². The highest BCUT2D eigenvalue weighted by Gasteiger charge is 2.27. The summed E-state index contributed by atoms with van der Waals surface area (Å²) in [5, 5.41) is 14.8. The van der Waals surface area contributed by atoms with Crippen molar-refractivity contribution >= 4 is 45.6 Å². The van der Waals surface area contributed by atoms with Crippen molar-refractivity contribution in [2.45, 2.75) is 37.2 Å². The first-order chi connectivity index (χ1) is 15.1. The van der Waals surface area contributed by atoms with Crippen LogP contribution in [0.25, 0.3) is 5.65 Å². The van der Waals surface area contributed by atoms with Gasteiger partial charge >= 0.3 is 0 Å². The molecule has 2 aromatic heterocycles. The van der Waals surface area contributed by atoms with Gasteiger partial charge in [-0.2, -0.15) is 4.31 Å². The van der Waals surface area contributed by atoms with E-state index < -0.39 is 10.0 Å². The molecule has 0 amide bonds. The molecule has 0 spiro atoms. The summed E-state index contributed by atoms with van der Waals surface area (Å²) in [5.41, 5.74) is 1.49. The first-order valence-electron chi connectivity index (χ1n) is 10.4. The van der Waals surface area contributed by atoms with Crippen molar-refractivity contribution in [1.82, 2.24) is 29.5 Å². The average molecular weight is 569 g/mol. The van der Waals surface area contributed by atoms with E-state index in [-0.39, 0.29) is 24.0 Å². The summed E-state index contributed by atoms with van der Waals surface area (Å²) in [6.07, 6.45) is 4.81. The van der Waals surface area contributed by atoms with Crippen LogP contribution in [0.2, 0.25) is 0 Å². The lowest BCUT2D eigenvalue weighted by molar-refractivity contribution is 0.346. The van der Waals surface area contributed by atoms with E-state index in [0.717, 1.165) is 30.7 Å². The average Bonchev–Trinajstić information content (AvgIpc) is 3.23. The van der Waals surface area contributed by atoms with E-state index in [9.17, 15) is 8.42 Å². The molecule has 172 valence electrons. The molecule has 0 bridgehead atoms. The monoisotopic (exact) mass is 569 g/mol. The van der Waals surface area contributed by atoms with Crippen molar-refractivity contribution in [1.29, 1.82) is 0 Å². The van der Waals surface area contributed by atoms with E-state index in [4.69, 9.17) is 0 Å². The molecule has 0 aliphatic carbocycles. The van der Waals surface area contributed by atoms with Crippen LogP contribution < -0.4 is 10.6 Å². The molecule has 0 saturated carbocycles. The molecular formula is C21H28IN7O2S. The number of halogens is 1. The van der Waals surface area contributed by atoms with Gasteiger partial charge in [0.25, 0.3) is 0 Å². The van der Waals surface area contributed by atoms with Crippen LogP contribution in [0.1, 0.15) is 30.7 Å². The molecule has 0 atom stereocenters. The minimum Gasteiger partial charge on any atom is -0.352 e. The van der Waals surface area contributed by atoms with Crippen molar-refractivity contribution < 1.29 is 8.42 Å². The number of benzene rings is 1. The van der Waals surface area contributed by atoms with Gasteiger partial charge in [0.2, 0.25) is 10.0 Å². The zero-order valence-corrected chi connectivity index (χ0v) is 21.1. The highest BCUT2D eigenvalue weighted by molar-refractivity contribution is 14.0. The fourth-order valence-corrected chi connectivity index (χ4v) is 5.46. The maximum Gasteiger partial charge on any atom is 0.243 e. The Morgan fingerprint density at radius 1 is 1.00 bits per heavy atom. The van der Waals surface area contributed by atoms with Crippen LogP contribution in [-0.2, 0) is 23.1 Å². The van der Waals surface area contributed by atoms with Gasteiger partial charge in [0, 0.05) is 32.9 Å². The standard InChI is InChI=1S/C21H27N7O2S.HI/c1-22-21(24-16-20-26-25-19-11-5-8-14-28(19)20)23-15-17-9-3-4-10-18(17)31(29,30)27-12-6-2-7-13-27;/h3-5,8-11,14H,2,6-7,12-13,15-16H2,1H3,(H2,22,23,24);1H. The molecule has 1 saturated heterocycles. The zero-order chi connectivity index (χ0) is 21.7. The van der Waals surface area contributed by atoms with E-state index in [1.165, 1.54) is 0 Å². The van der Waals surface area contributed by atoms with Crippen molar-refractivity contribution in [2.24, 2.45) is 4.99 Å². The van der Waals surface area contributed by atoms with Gasteiger partial charge < -0.3 is 10.6 Å². The number of guanidine groups is 1. The second-order valence-electron chi connectivity index (χ2n) is 7.40. The molecular weight excluding hydrogens is 541 g/mol. The zero-order valence-electron chi connectivity index (χ0n) is 17.9. The van der Waals surface area contributed by atoms with Crippen LogP contribution in [0.3, 0.4) is 0 Å². The predicted molar refractivity (Wildman–Crippen MR) is 134 cm³/mol. The number of pyridine rings is 1. The van der Waals surface area contributed by atoms with Gasteiger partial charge in [-0.3, -0.25) is 9.39 Å². The Bertz CT molecular complexity index is 1170.